The van der Waals surface area contributed by atoms with Crippen LogP contribution < -0.4 is 4.74 Å². The van der Waals surface area contributed by atoms with Crippen molar-refractivity contribution in [3.8, 4) is 5.75 Å². The molecule has 0 saturated carbocycles. The Morgan fingerprint density at radius 3 is 2.48 bits per heavy atom. The molecule has 5 nitrogen and oxygen atoms in total. The van der Waals surface area contributed by atoms with Gasteiger partial charge in [0.05, 0.1) is 5.92 Å². The number of aliphatic carboxylic acids is 1. The number of rotatable bonds is 4. The predicted molar refractivity (Wildman–Crippen MR) is 73.4 cm³/mol. The third kappa shape index (κ3) is 3.51. The minimum Gasteiger partial charge on any atom is -0.481 e. The maximum absolute atomic E-state index is 12.8. The van der Waals surface area contributed by atoms with Crippen molar-refractivity contribution in [2.24, 2.45) is 11.8 Å². The van der Waals surface area contributed by atoms with Crippen molar-refractivity contribution in [1.82, 2.24) is 4.90 Å². The number of nitrogens with zero attached hydrogens (tertiary/aromatic N) is 1. The van der Waals surface area contributed by atoms with Gasteiger partial charge in [-0.3, -0.25) is 9.59 Å². The van der Waals surface area contributed by atoms with Crippen molar-refractivity contribution in [3.05, 3.63) is 30.1 Å². The van der Waals surface area contributed by atoms with Crippen LogP contribution in [0.3, 0.4) is 0 Å². The van der Waals surface area contributed by atoms with Crippen LogP contribution in [0.5, 0.6) is 5.75 Å². The van der Waals surface area contributed by atoms with Gasteiger partial charge in [0.15, 0.2) is 6.10 Å². The van der Waals surface area contributed by atoms with Crippen LogP contribution >= 0.6 is 0 Å². The van der Waals surface area contributed by atoms with Crippen LogP contribution in [0.25, 0.3) is 0 Å². The van der Waals surface area contributed by atoms with Crippen molar-refractivity contribution in [2.45, 2.75) is 20.0 Å². The van der Waals surface area contributed by atoms with Crippen molar-refractivity contribution < 1.29 is 23.8 Å². The van der Waals surface area contributed by atoms with Gasteiger partial charge >= 0.3 is 5.97 Å². The van der Waals surface area contributed by atoms with E-state index in [1.807, 2.05) is 6.92 Å². The predicted octanol–water partition coefficient (Wildman–Crippen LogP) is 1.77. The molecule has 1 heterocycles. The van der Waals surface area contributed by atoms with E-state index in [1.54, 1.807) is 6.92 Å². The number of halogens is 1. The highest BCUT2D eigenvalue weighted by molar-refractivity contribution is 5.82. The van der Waals surface area contributed by atoms with Gasteiger partial charge < -0.3 is 14.7 Å². The highest BCUT2D eigenvalue weighted by atomic mass is 19.1. The number of carboxylic acids is 1. The zero-order chi connectivity index (χ0) is 15.6. The number of benzene rings is 1. The summed E-state index contributed by atoms with van der Waals surface area (Å²) in [6.07, 6.45) is -0.741. The molecule has 1 aliphatic rings. The molecule has 1 amide bonds. The van der Waals surface area contributed by atoms with Crippen molar-refractivity contribution in [2.75, 3.05) is 13.1 Å². The van der Waals surface area contributed by atoms with Gasteiger partial charge in [0, 0.05) is 13.1 Å². The van der Waals surface area contributed by atoms with Gasteiger partial charge in [-0.25, -0.2) is 4.39 Å². The number of hydrogen-bond acceptors (Lipinski definition) is 3. The number of ether oxygens (including phenoxy) is 1. The van der Waals surface area contributed by atoms with E-state index in [2.05, 4.69) is 0 Å². The Morgan fingerprint density at radius 1 is 1.33 bits per heavy atom. The lowest BCUT2D eigenvalue weighted by atomic mass is 9.99. The lowest BCUT2D eigenvalue weighted by Gasteiger charge is -2.21. The summed E-state index contributed by atoms with van der Waals surface area (Å²) in [6, 6.07) is 5.41. The molecule has 114 valence electrons. The van der Waals surface area contributed by atoms with E-state index in [-0.39, 0.29) is 24.2 Å². The first-order chi connectivity index (χ1) is 9.88. The van der Waals surface area contributed by atoms with Gasteiger partial charge in [-0.15, -0.1) is 0 Å². The number of likely N-dealkylation sites (tertiary alicyclic amines) is 1. The molecule has 0 radical (unpaired) electrons. The van der Waals surface area contributed by atoms with E-state index in [0.29, 0.717) is 12.3 Å². The molecule has 1 N–H and O–H groups in total. The highest BCUT2D eigenvalue weighted by Gasteiger charge is 2.38. The Bertz CT molecular complexity index is 531. The third-order valence-electron chi connectivity index (χ3n) is 3.72. The molecule has 0 spiro atoms. The minimum absolute atomic E-state index is 0.0792. The smallest absolute Gasteiger partial charge is 0.308 e. The van der Waals surface area contributed by atoms with Gasteiger partial charge in [-0.2, -0.15) is 0 Å². The van der Waals surface area contributed by atoms with E-state index >= 15 is 0 Å². The van der Waals surface area contributed by atoms with Gasteiger partial charge in [-0.05, 0) is 37.1 Å². The topological polar surface area (TPSA) is 66.8 Å². The van der Waals surface area contributed by atoms with Crippen molar-refractivity contribution in [3.63, 3.8) is 0 Å². The van der Waals surface area contributed by atoms with Crippen LogP contribution in [0, 0.1) is 17.7 Å². The van der Waals surface area contributed by atoms with Crippen molar-refractivity contribution in [1.29, 1.82) is 0 Å². The molecule has 6 heteroatoms. The lowest BCUT2D eigenvalue weighted by Crippen LogP contribution is -2.39. The molecule has 1 aromatic rings. The first kappa shape index (κ1) is 15.3. The Hall–Kier alpha value is -2.11. The second kappa shape index (κ2) is 6.11. The summed E-state index contributed by atoms with van der Waals surface area (Å²) in [5.74, 6) is -1.73. The number of carbonyl (C=O) groups excluding carboxylic acids is 1. The largest absolute Gasteiger partial charge is 0.481 e. The highest BCUT2D eigenvalue weighted by Crippen LogP contribution is 2.24. The van der Waals surface area contributed by atoms with E-state index in [9.17, 15) is 14.0 Å². The minimum atomic E-state index is -0.884. The van der Waals surface area contributed by atoms with Gasteiger partial charge in [0.25, 0.3) is 5.91 Å². The first-order valence-electron chi connectivity index (χ1n) is 6.82. The summed E-state index contributed by atoms with van der Waals surface area (Å²) in [5.41, 5.74) is 0. The summed E-state index contributed by atoms with van der Waals surface area (Å²) in [4.78, 5) is 24.8. The number of carbonyl (C=O) groups is 2. The number of carboxylic acid groups (broad SMARTS) is 1. The summed E-state index contributed by atoms with van der Waals surface area (Å²) in [7, 11) is 0. The summed E-state index contributed by atoms with van der Waals surface area (Å²) >= 11 is 0. The normalized spacial score (nSPS) is 22.9. The summed E-state index contributed by atoms with van der Waals surface area (Å²) in [5, 5.41) is 9.08. The standard InChI is InChI=1S/C15H18FNO4/c1-9-7-17(8-13(9)15(19)20)14(18)10(2)21-12-5-3-11(16)4-6-12/h3-6,9-10,13H,7-8H2,1-2H3,(H,19,20)/t9-,10?,13-/m1/s1. The molecule has 0 aromatic heterocycles. The summed E-state index contributed by atoms with van der Waals surface area (Å²) < 4.78 is 18.3. The quantitative estimate of drug-likeness (QED) is 0.919. The molecule has 1 unspecified atom stereocenters. The first-order valence-corrected chi connectivity index (χ1v) is 6.82. The van der Waals surface area contributed by atoms with Gasteiger partial charge in [0.2, 0.25) is 0 Å². The Labute approximate surface area is 122 Å². The molecule has 1 aromatic carbocycles. The molecule has 0 bridgehead atoms. The van der Waals surface area contributed by atoms with Crippen LogP contribution in [0.2, 0.25) is 0 Å². The van der Waals surface area contributed by atoms with Gasteiger partial charge in [0.1, 0.15) is 11.6 Å². The Kier molecular flexibility index (Phi) is 4.45. The fourth-order valence-electron chi connectivity index (χ4n) is 2.49. The molecule has 21 heavy (non-hydrogen) atoms. The van der Waals surface area contributed by atoms with Crippen LogP contribution in [-0.2, 0) is 9.59 Å². The van der Waals surface area contributed by atoms with E-state index in [4.69, 9.17) is 9.84 Å². The molecule has 1 aliphatic heterocycles. The molecule has 0 aliphatic carbocycles. The maximum atomic E-state index is 12.8. The van der Waals surface area contributed by atoms with E-state index in [0.717, 1.165) is 0 Å². The SMILES string of the molecule is CC(Oc1ccc(F)cc1)C(=O)N1C[C@@H](C)[C@H](C(=O)O)C1. The van der Waals surface area contributed by atoms with Crippen LogP contribution in [0.1, 0.15) is 13.8 Å². The molecular formula is C15H18FNO4. The fourth-order valence-corrected chi connectivity index (χ4v) is 2.49. The van der Waals surface area contributed by atoms with E-state index in [1.165, 1.54) is 29.2 Å². The molecule has 1 saturated heterocycles. The number of hydrogen-bond donors (Lipinski definition) is 1. The van der Waals surface area contributed by atoms with Crippen LogP contribution in [0.4, 0.5) is 4.39 Å². The monoisotopic (exact) mass is 295 g/mol. The molecular weight excluding hydrogens is 277 g/mol. The second-order valence-electron chi connectivity index (χ2n) is 5.38. The molecule has 3 atom stereocenters. The zero-order valence-electron chi connectivity index (χ0n) is 12.0. The average Bonchev–Trinajstić information content (AvgIpc) is 2.82. The number of amides is 1. The Morgan fingerprint density at radius 2 is 1.95 bits per heavy atom. The third-order valence-corrected chi connectivity index (χ3v) is 3.72. The van der Waals surface area contributed by atoms with Crippen LogP contribution in [0.15, 0.2) is 24.3 Å². The molecule has 1 fully saturated rings. The van der Waals surface area contributed by atoms with Gasteiger partial charge in [-0.1, -0.05) is 6.92 Å². The fraction of sp³-hybridized carbons (Fsp3) is 0.467. The average molecular weight is 295 g/mol. The zero-order valence-corrected chi connectivity index (χ0v) is 12.0. The maximum Gasteiger partial charge on any atom is 0.308 e. The second-order valence-corrected chi connectivity index (χ2v) is 5.38. The molecule has 2 rings (SSSR count). The van der Waals surface area contributed by atoms with Crippen molar-refractivity contribution >= 4 is 11.9 Å². The van der Waals surface area contributed by atoms with E-state index < -0.39 is 18.0 Å². The Balaban J connectivity index is 1.97. The summed E-state index contributed by atoms with van der Waals surface area (Å²) in [6.45, 7) is 4.03. The van der Waals surface area contributed by atoms with Crippen LogP contribution in [-0.4, -0.2) is 41.1 Å². The lowest BCUT2D eigenvalue weighted by molar-refractivity contribution is -0.142.